The molecule has 0 aliphatic carbocycles. The van der Waals surface area contributed by atoms with Gasteiger partial charge in [-0.2, -0.15) is 0 Å². The van der Waals surface area contributed by atoms with Crippen molar-refractivity contribution in [3.63, 3.8) is 0 Å². The minimum Gasteiger partial charge on any atom is -0.414 e. The molecule has 1 aliphatic heterocycles. The highest BCUT2D eigenvalue weighted by Crippen LogP contribution is 2.52. The van der Waals surface area contributed by atoms with E-state index in [2.05, 4.69) is 79.7 Å². The van der Waals surface area contributed by atoms with Crippen molar-refractivity contribution >= 4 is 8.69 Å². The molecule has 2 aromatic carbocycles. The fourth-order valence-corrected chi connectivity index (χ4v) is 4.41. The molecule has 0 unspecified atom stereocenters. The Hall–Kier alpha value is -1.60. The molecule has 1 heterocycles. The molecule has 0 atom stereocenters. The first-order valence-electron chi connectivity index (χ1n) is 9.46. The predicted octanol–water partition coefficient (Wildman–Crippen LogP) is 7.46. The Bertz CT molecular complexity index is 804. The van der Waals surface area contributed by atoms with E-state index in [9.17, 15) is 4.20 Å². The minimum atomic E-state index is -2.55. The lowest BCUT2D eigenvalue weighted by atomic mass is 9.81. The molecule has 2 aromatic rings. The summed E-state index contributed by atoms with van der Waals surface area (Å²) in [6.45, 7) is 16.9. The maximum absolute atomic E-state index is 14.9. The molecule has 1 aliphatic rings. The summed E-state index contributed by atoms with van der Waals surface area (Å²) in [6.07, 6.45) is 0.670. The molecular formula is C23H30FO2P. The van der Waals surface area contributed by atoms with E-state index in [4.69, 9.17) is 9.05 Å². The smallest absolute Gasteiger partial charge is 0.414 e. The number of hydrogen-bond donors (Lipinski definition) is 0. The molecule has 146 valence electrons. The average Bonchev–Trinajstić information content (AvgIpc) is 2.48. The maximum atomic E-state index is 14.9. The summed E-state index contributed by atoms with van der Waals surface area (Å²) in [6, 6.07) is 8.42. The van der Waals surface area contributed by atoms with E-state index >= 15 is 0 Å². The predicted molar refractivity (Wildman–Crippen MR) is 112 cm³/mol. The lowest BCUT2D eigenvalue weighted by molar-refractivity contribution is 0.410. The molecule has 4 heteroatoms. The highest BCUT2D eigenvalue weighted by molar-refractivity contribution is 7.42. The lowest BCUT2D eigenvalue weighted by Gasteiger charge is -2.30. The van der Waals surface area contributed by atoms with Crippen LogP contribution in [0.4, 0.5) is 4.20 Å². The van der Waals surface area contributed by atoms with Gasteiger partial charge in [0.1, 0.15) is 11.5 Å². The molecule has 3 rings (SSSR count). The van der Waals surface area contributed by atoms with Gasteiger partial charge in [-0.05, 0) is 35.8 Å². The second-order valence-corrected chi connectivity index (χ2v) is 10.5. The highest BCUT2D eigenvalue weighted by atomic mass is 31.2. The Morgan fingerprint density at radius 2 is 1.11 bits per heavy atom. The minimum absolute atomic E-state index is 0.141. The molecule has 0 radical (unpaired) electrons. The maximum Gasteiger partial charge on any atom is 0.505 e. The molecule has 0 saturated heterocycles. The molecule has 0 saturated carbocycles. The van der Waals surface area contributed by atoms with E-state index in [0.29, 0.717) is 17.9 Å². The van der Waals surface area contributed by atoms with Crippen molar-refractivity contribution in [3.05, 3.63) is 57.6 Å². The topological polar surface area (TPSA) is 18.5 Å². The number of fused-ring (bicyclic) bond motifs is 2. The lowest BCUT2D eigenvalue weighted by Crippen LogP contribution is -2.18. The number of halogens is 1. The zero-order chi connectivity index (χ0) is 20.1. The number of benzene rings is 2. The van der Waals surface area contributed by atoms with Crippen molar-refractivity contribution in [2.75, 3.05) is 0 Å². The third kappa shape index (κ3) is 4.14. The van der Waals surface area contributed by atoms with Crippen molar-refractivity contribution in [1.82, 2.24) is 0 Å². The van der Waals surface area contributed by atoms with Gasteiger partial charge in [-0.1, -0.05) is 76.9 Å². The number of aryl methyl sites for hydroxylation is 2. The highest BCUT2D eigenvalue weighted by Gasteiger charge is 2.32. The second-order valence-electron chi connectivity index (χ2n) is 9.67. The summed E-state index contributed by atoms with van der Waals surface area (Å²) in [5.41, 5.74) is 6.15. The largest absolute Gasteiger partial charge is 0.505 e. The zero-order valence-corrected chi connectivity index (χ0v) is 18.6. The van der Waals surface area contributed by atoms with Crippen molar-refractivity contribution in [1.29, 1.82) is 0 Å². The summed E-state index contributed by atoms with van der Waals surface area (Å²) in [5.74, 6) is 1.29. The van der Waals surface area contributed by atoms with E-state index in [1.165, 1.54) is 0 Å². The molecule has 0 fully saturated rings. The van der Waals surface area contributed by atoms with Crippen LogP contribution in [0.2, 0.25) is 0 Å². The monoisotopic (exact) mass is 388 g/mol. The van der Waals surface area contributed by atoms with Crippen molar-refractivity contribution in [2.45, 2.75) is 72.6 Å². The van der Waals surface area contributed by atoms with Crippen molar-refractivity contribution < 1.29 is 13.2 Å². The van der Waals surface area contributed by atoms with Crippen LogP contribution in [-0.4, -0.2) is 0 Å². The Morgan fingerprint density at radius 3 is 1.44 bits per heavy atom. The Morgan fingerprint density at radius 1 is 0.741 bits per heavy atom. The third-order valence-corrected chi connectivity index (χ3v) is 5.60. The molecule has 27 heavy (non-hydrogen) atoms. The van der Waals surface area contributed by atoms with Gasteiger partial charge in [-0.15, -0.1) is 4.20 Å². The van der Waals surface area contributed by atoms with Gasteiger partial charge in [-0.25, -0.2) is 0 Å². The molecule has 0 bridgehead atoms. The molecule has 0 spiro atoms. The second kappa shape index (κ2) is 6.78. The summed E-state index contributed by atoms with van der Waals surface area (Å²) < 4.78 is 26.5. The first-order valence-corrected chi connectivity index (χ1v) is 10.5. The quantitative estimate of drug-likeness (QED) is 0.436. The van der Waals surface area contributed by atoms with Gasteiger partial charge in [-0.3, -0.25) is 0 Å². The van der Waals surface area contributed by atoms with Gasteiger partial charge in [0.05, 0.1) is 0 Å². The molecule has 2 nitrogen and oxygen atoms in total. The molecule has 0 N–H and O–H groups in total. The Balaban J connectivity index is 2.26. The van der Waals surface area contributed by atoms with Crippen LogP contribution in [0.5, 0.6) is 11.5 Å². The van der Waals surface area contributed by atoms with Crippen LogP contribution in [0.25, 0.3) is 0 Å². The van der Waals surface area contributed by atoms with E-state index in [1.54, 1.807) is 0 Å². The SMILES string of the molecule is Cc1cc2c(c(C(C)(C)C)c1)OP(F)Oc1c(cc(C)cc1C(C)(C)C)C2. The van der Waals surface area contributed by atoms with Gasteiger partial charge in [0.15, 0.2) is 0 Å². The summed E-state index contributed by atoms with van der Waals surface area (Å²) >= 11 is 0. The summed E-state index contributed by atoms with van der Waals surface area (Å²) in [4.78, 5) is 0. The molecular weight excluding hydrogens is 358 g/mol. The number of rotatable bonds is 0. The van der Waals surface area contributed by atoms with Crippen LogP contribution in [-0.2, 0) is 17.3 Å². The average molecular weight is 388 g/mol. The van der Waals surface area contributed by atoms with Gasteiger partial charge in [0.25, 0.3) is 0 Å². The van der Waals surface area contributed by atoms with Crippen molar-refractivity contribution in [3.8, 4) is 11.5 Å². The van der Waals surface area contributed by atoms with Gasteiger partial charge < -0.3 is 9.05 Å². The van der Waals surface area contributed by atoms with Crippen molar-refractivity contribution in [2.24, 2.45) is 0 Å². The van der Waals surface area contributed by atoms with Crippen LogP contribution in [0.15, 0.2) is 24.3 Å². The Kier molecular flexibility index (Phi) is 5.06. The fraction of sp³-hybridized carbons (Fsp3) is 0.478. The van der Waals surface area contributed by atoms with E-state index in [1.807, 2.05) is 0 Å². The fourth-order valence-electron chi connectivity index (χ4n) is 3.66. The van der Waals surface area contributed by atoms with Gasteiger partial charge in [0, 0.05) is 17.5 Å². The van der Waals surface area contributed by atoms with Crippen LogP contribution in [0, 0.1) is 13.8 Å². The van der Waals surface area contributed by atoms with E-state index in [-0.39, 0.29) is 10.8 Å². The first-order chi connectivity index (χ1) is 12.4. The van der Waals surface area contributed by atoms with Gasteiger partial charge in [0.2, 0.25) is 0 Å². The van der Waals surface area contributed by atoms with Crippen LogP contribution >= 0.6 is 8.69 Å². The van der Waals surface area contributed by atoms with Crippen LogP contribution < -0.4 is 9.05 Å². The summed E-state index contributed by atoms with van der Waals surface area (Å²) in [5, 5.41) is 0. The third-order valence-electron chi connectivity index (χ3n) is 4.94. The Labute approximate surface area is 164 Å². The zero-order valence-electron chi connectivity index (χ0n) is 17.7. The standard InChI is InChI=1S/C23H30FO2P/c1-14-9-16-13-17-10-15(2)12-19(23(6,7)8)21(17)26-27(24)25-20(16)18(11-14)22(3,4)5/h9-12H,13H2,1-8H3. The van der Waals surface area contributed by atoms with Gasteiger partial charge >= 0.3 is 8.69 Å². The molecule has 0 amide bonds. The summed E-state index contributed by atoms with van der Waals surface area (Å²) in [7, 11) is -2.55. The molecule has 0 aromatic heterocycles. The van der Waals surface area contributed by atoms with E-state index in [0.717, 1.165) is 33.4 Å². The first kappa shape index (κ1) is 20.1. The van der Waals surface area contributed by atoms with E-state index < -0.39 is 8.69 Å². The van der Waals surface area contributed by atoms with Crippen LogP contribution in [0.3, 0.4) is 0 Å². The normalized spacial score (nSPS) is 15.1. The van der Waals surface area contributed by atoms with Crippen LogP contribution in [0.1, 0.15) is 74.9 Å². The number of hydrogen-bond acceptors (Lipinski definition) is 2.